The highest BCUT2D eigenvalue weighted by Crippen LogP contribution is 2.43. The Morgan fingerprint density at radius 3 is 2.21 bits per heavy atom. The van der Waals surface area contributed by atoms with Gasteiger partial charge in [0.2, 0.25) is 0 Å². The van der Waals surface area contributed by atoms with E-state index in [-0.39, 0.29) is 20.9 Å². The highest BCUT2D eigenvalue weighted by atomic mass is 19.1. The van der Waals surface area contributed by atoms with Crippen LogP contribution in [0.1, 0.15) is 93.8 Å². The molecule has 2 aliphatic carbocycles. The molecule has 0 aromatic heterocycles. The highest BCUT2D eigenvalue weighted by molar-refractivity contribution is 4.83. The molecule has 0 saturated heterocycles. The molecule has 148 valence electrons. The summed E-state index contributed by atoms with van der Waals surface area (Å²) in [5.74, 6) is 3.61. The van der Waals surface area contributed by atoms with E-state index < -0.39 is 6.17 Å². The molecule has 2 rings (SSSR count). The number of halogens is 2. The monoisotopic (exact) mass is 350 g/mol. The third-order valence-electron chi connectivity index (χ3n) is 6.93. The van der Waals surface area contributed by atoms with Crippen LogP contribution < -0.4 is 0 Å². The van der Waals surface area contributed by atoms with Gasteiger partial charge in [-0.2, -0.15) is 0 Å². The van der Waals surface area contributed by atoms with Crippen LogP contribution in [0.5, 0.6) is 0 Å². The summed E-state index contributed by atoms with van der Waals surface area (Å²) in [5, 5.41) is 0. The maximum absolute atomic E-state index is 13.8. The van der Waals surface area contributed by atoms with Gasteiger partial charge in [-0.25, -0.2) is 4.39 Å². The topological polar surface area (TPSA) is 31.5 Å². The van der Waals surface area contributed by atoms with Crippen molar-refractivity contribution in [2.24, 2.45) is 29.6 Å². The minimum atomic E-state index is -0.729. The molecule has 2 aliphatic rings. The summed E-state index contributed by atoms with van der Waals surface area (Å²) < 4.78 is 26.7. The number of alkyl halides is 2. The van der Waals surface area contributed by atoms with E-state index in [1.807, 2.05) is 6.92 Å². The lowest BCUT2D eigenvalue weighted by atomic mass is 9.69. The Hall–Kier alpha value is -0.180. The third-order valence-corrected chi connectivity index (χ3v) is 6.93. The molecule has 0 amide bonds. The van der Waals surface area contributed by atoms with Gasteiger partial charge >= 0.3 is 0 Å². The molecule has 24 heavy (non-hydrogen) atoms. The average molecular weight is 351 g/mol. The molecular formula is C21H44F2O. The van der Waals surface area contributed by atoms with Crippen LogP contribution in [0.3, 0.4) is 0 Å². The van der Waals surface area contributed by atoms with Crippen LogP contribution in [0.4, 0.5) is 8.78 Å². The second-order valence-electron chi connectivity index (χ2n) is 8.53. The summed E-state index contributed by atoms with van der Waals surface area (Å²) >= 11 is 0. The number of hydrogen-bond donors (Lipinski definition) is 0. The van der Waals surface area contributed by atoms with Crippen molar-refractivity contribution in [3.05, 3.63) is 0 Å². The van der Waals surface area contributed by atoms with Crippen LogP contribution in [0.25, 0.3) is 0 Å². The van der Waals surface area contributed by atoms with Crippen LogP contribution in [-0.2, 0) is 0 Å². The third kappa shape index (κ3) is 6.61. The Morgan fingerprint density at radius 1 is 0.958 bits per heavy atom. The van der Waals surface area contributed by atoms with E-state index in [4.69, 9.17) is 0 Å². The molecule has 0 heterocycles. The normalized spacial score (nSPS) is 34.0. The van der Waals surface area contributed by atoms with Crippen LogP contribution >= 0.6 is 0 Å². The maximum Gasteiger partial charge on any atom is 0.100 e. The molecule has 2 saturated carbocycles. The maximum atomic E-state index is 13.8. The van der Waals surface area contributed by atoms with Crippen molar-refractivity contribution >= 4 is 0 Å². The summed E-state index contributed by atoms with van der Waals surface area (Å²) in [7, 11) is 0. The number of rotatable bonds is 7. The first kappa shape index (κ1) is 21.9. The molecule has 3 heteroatoms. The molecule has 4 atom stereocenters. The minimum Gasteiger partial charge on any atom is -0.412 e. The standard InChI is InChI=1S/C21H38F2.H2O.2H2/c1-3-21(23)15-20(13-14-22)19-11-9-18(10-12-19)17-6-4-5-16(2)7-8-17;;;/h16-21H,3-15H2,1-2H3;1H2;2*1H. The van der Waals surface area contributed by atoms with E-state index in [1.165, 1.54) is 57.8 Å². The SMILES string of the molecule is CCC(F)CC(CCF)C1CCC(C2CCCC(C)CC2)CC1.O.[HH].[HH]. The molecule has 1 nitrogen and oxygen atoms in total. The molecule has 0 aromatic carbocycles. The van der Waals surface area contributed by atoms with E-state index in [0.717, 1.165) is 17.8 Å². The van der Waals surface area contributed by atoms with Crippen molar-refractivity contribution in [1.29, 1.82) is 0 Å². The zero-order chi connectivity index (χ0) is 16.7. The molecule has 2 fully saturated rings. The fourth-order valence-corrected chi connectivity index (χ4v) is 5.26. The van der Waals surface area contributed by atoms with E-state index in [0.29, 0.717) is 25.2 Å². The predicted molar refractivity (Wildman–Crippen MR) is 103 cm³/mol. The zero-order valence-corrected chi connectivity index (χ0v) is 15.9. The van der Waals surface area contributed by atoms with Gasteiger partial charge in [0, 0.05) is 2.85 Å². The lowest BCUT2D eigenvalue weighted by molar-refractivity contribution is 0.120. The summed E-state index contributed by atoms with van der Waals surface area (Å²) in [6.45, 7) is 4.03. The van der Waals surface area contributed by atoms with Crippen LogP contribution in [-0.4, -0.2) is 18.3 Å². The first-order chi connectivity index (χ1) is 11.1. The fourth-order valence-electron chi connectivity index (χ4n) is 5.26. The summed E-state index contributed by atoms with van der Waals surface area (Å²) in [4.78, 5) is 0. The molecule has 0 aromatic rings. The van der Waals surface area contributed by atoms with Gasteiger partial charge in [-0.3, -0.25) is 4.39 Å². The highest BCUT2D eigenvalue weighted by Gasteiger charge is 2.32. The van der Waals surface area contributed by atoms with E-state index in [9.17, 15) is 8.78 Å². The minimum absolute atomic E-state index is 0. The lowest BCUT2D eigenvalue weighted by Gasteiger charge is -2.37. The fraction of sp³-hybridized carbons (Fsp3) is 1.00. The van der Waals surface area contributed by atoms with Crippen LogP contribution in [0.15, 0.2) is 0 Å². The van der Waals surface area contributed by atoms with E-state index in [2.05, 4.69) is 6.92 Å². The quantitative estimate of drug-likeness (QED) is 0.453. The van der Waals surface area contributed by atoms with Gasteiger partial charge in [0.25, 0.3) is 0 Å². The van der Waals surface area contributed by atoms with Crippen molar-refractivity contribution in [2.45, 2.75) is 97.1 Å². The number of hydrogen-bond acceptors (Lipinski definition) is 0. The zero-order valence-electron chi connectivity index (χ0n) is 15.9. The van der Waals surface area contributed by atoms with Crippen molar-refractivity contribution < 1.29 is 17.1 Å². The molecular weight excluding hydrogens is 306 g/mol. The molecule has 0 aliphatic heterocycles. The van der Waals surface area contributed by atoms with Gasteiger partial charge in [0.1, 0.15) is 6.17 Å². The van der Waals surface area contributed by atoms with Crippen molar-refractivity contribution in [3.63, 3.8) is 0 Å². The Balaban J connectivity index is 0. The van der Waals surface area contributed by atoms with Gasteiger partial charge in [-0.05, 0) is 81.0 Å². The molecule has 4 unspecified atom stereocenters. The Bertz CT molecular complexity index is 325. The molecule has 2 N–H and O–H groups in total. The predicted octanol–water partition coefficient (Wildman–Crippen LogP) is 6.79. The van der Waals surface area contributed by atoms with Crippen molar-refractivity contribution in [2.75, 3.05) is 6.67 Å². The lowest BCUT2D eigenvalue weighted by Crippen LogP contribution is -2.27. The molecule has 0 spiro atoms. The van der Waals surface area contributed by atoms with Gasteiger partial charge in [0.05, 0.1) is 6.67 Å². The summed E-state index contributed by atoms with van der Waals surface area (Å²) in [5.41, 5.74) is 0. The molecule has 0 radical (unpaired) electrons. The average Bonchev–Trinajstić information content (AvgIpc) is 2.79. The van der Waals surface area contributed by atoms with Crippen molar-refractivity contribution in [3.8, 4) is 0 Å². The second-order valence-corrected chi connectivity index (χ2v) is 8.53. The largest absolute Gasteiger partial charge is 0.412 e. The first-order valence-corrected chi connectivity index (χ1v) is 10.3. The summed E-state index contributed by atoms with van der Waals surface area (Å²) in [6.07, 6.45) is 13.2. The Labute approximate surface area is 151 Å². The van der Waals surface area contributed by atoms with Crippen LogP contribution in [0.2, 0.25) is 0 Å². The summed E-state index contributed by atoms with van der Waals surface area (Å²) in [6, 6.07) is 0. The second kappa shape index (κ2) is 11.4. The van der Waals surface area contributed by atoms with Crippen LogP contribution in [0, 0.1) is 29.6 Å². The Morgan fingerprint density at radius 2 is 1.58 bits per heavy atom. The molecule has 0 bridgehead atoms. The van der Waals surface area contributed by atoms with Gasteiger partial charge in [0.15, 0.2) is 0 Å². The van der Waals surface area contributed by atoms with Crippen molar-refractivity contribution in [1.82, 2.24) is 0 Å². The Kier molecular flexibility index (Phi) is 10.4. The van der Waals surface area contributed by atoms with E-state index >= 15 is 0 Å². The van der Waals surface area contributed by atoms with E-state index in [1.54, 1.807) is 0 Å². The first-order valence-electron chi connectivity index (χ1n) is 10.3. The smallest absolute Gasteiger partial charge is 0.100 e. The van der Waals surface area contributed by atoms with Gasteiger partial charge in [-0.15, -0.1) is 0 Å². The van der Waals surface area contributed by atoms with Gasteiger partial charge < -0.3 is 5.48 Å². The van der Waals surface area contributed by atoms with Gasteiger partial charge in [-0.1, -0.05) is 39.5 Å².